The van der Waals surface area contributed by atoms with Gasteiger partial charge in [0, 0.05) is 5.56 Å². The van der Waals surface area contributed by atoms with Gasteiger partial charge in [-0.25, -0.2) is 4.98 Å². The summed E-state index contributed by atoms with van der Waals surface area (Å²) in [6.07, 6.45) is 0. The van der Waals surface area contributed by atoms with E-state index in [1.165, 1.54) is 11.8 Å². The Balaban J connectivity index is 1.47. The third kappa shape index (κ3) is 4.13. The van der Waals surface area contributed by atoms with Crippen LogP contribution in [0.3, 0.4) is 0 Å². The Hall–Kier alpha value is -3.71. The van der Waals surface area contributed by atoms with E-state index in [9.17, 15) is 4.79 Å². The maximum absolute atomic E-state index is 13.2. The van der Waals surface area contributed by atoms with Crippen LogP contribution in [0.4, 0.5) is 0 Å². The number of thioether (sulfide) groups is 1. The molecule has 0 aliphatic rings. The molecule has 152 valence electrons. The number of nitrogens with zero attached hydrogens (tertiary/aromatic N) is 4. The molecular weight excluding hydrogens is 408 g/mol. The normalized spacial score (nSPS) is 11.1. The highest BCUT2D eigenvalue weighted by molar-refractivity contribution is 7.98. The fourth-order valence-electron chi connectivity index (χ4n) is 3.30. The van der Waals surface area contributed by atoms with E-state index in [0.29, 0.717) is 40.1 Å². The Labute approximate surface area is 182 Å². The summed E-state index contributed by atoms with van der Waals surface area (Å²) in [6.45, 7) is 0.446. The number of benzene rings is 3. The van der Waals surface area contributed by atoms with Crippen LogP contribution in [0.2, 0.25) is 0 Å². The molecule has 2 heterocycles. The summed E-state index contributed by atoms with van der Waals surface area (Å²) in [6, 6.07) is 26.9. The smallest absolute Gasteiger partial charge is 0.262 e. The van der Waals surface area contributed by atoms with Gasteiger partial charge >= 0.3 is 0 Å². The zero-order valence-electron chi connectivity index (χ0n) is 16.5. The summed E-state index contributed by atoms with van der Waals surface area (Å²) in [4.78, 5) is 22.4. The van der Waals surface area contributed by atoms with Crippen LogP contribution in [-0.2, 0) is 12.3 Å². The summed E-state index contributed by atoms with van der Waals surface area (Å²) < 4.78 is 7.10. The third-order valence-corrected chi connectivity index (χ3v) is 5.80. The van der Waals surface area contributed by atoms with Crippen LogP contribution >= 0.6 is 11.8 Å². The molecule has 5 aromatic rings. The minimum Gasteiger partial charge on any atom is -0.334 e. The maximum Gasteiger partial charge on any atom is 0.262 e. The number of aromatic nitrogens is 4. The first-order valence-corrected chi connectivity index (χ1v) is 10.8. The predicted octanol–water partition coefficient (Wildman–Crippen LogP) is 4.79. The summed E-state index contributed by atoms with van der Waals surface area (Å²) in [5.41, 5.74) is 2.53. The lowest BCUT2D eigenvalue weighted by atomic mass is 10.2. The van der Waals surface area contributed by atoms with Gasteiger partial charge in [-0.15, -0.1) is 0 Å². The molecular formula is C24H18N4O2S. The van der Waals surface area contributed by atoms with Gasteiger partial charge in [0.1, 0.15) is 0 Å². The van der Waals surface area contributed by atoms with Crippen LogP contribution in [-0.4, -0.2) is 19.7 Å². The Kier molecular flexibility index (Phi) is 5.33. The molecule has 0 amide bonds. The van der Waals surface area contributed by atoms with Crippen molar-refractivity contribution >= 4 is 22.7 Å². The molecule has 5 rings (SSSR count). The lowest BCUT2D eigenvalue weighted by Gasteiger charge is -2.12. The number of hydrogen-bond donors (Lipinski definition) is 0. The first-order chi connectivity index (χ1) is 15.3. The van der Waals surface area contributed by atoms with Gasteiger partial charge in [0.2, 0.25) is 0 Å². The summed E-state index contributed by atoms with van der Waals surface area (Å²) in [7, 11) is 0. The Morgan fingerprint density at radius 1 is 0.839 bits per heavy atom. The molecule has 0 aliphatic carbocycles. The van der Waals surface area contributed by atoms with Crippen molar-refractivity contribution in [2.75, 3.05) is 0 Å². The van der Waals surface area contributed by atoms with E-state index in [-0.39, 0.29) is 5.56 Å². The molecule has 0 fully saturated rings. The average molecular weight is 427 g/mol. The molecule has 2 aromatic heterocycles. The number of rotatable bonds is 6. The van der Waals surface area contributed by atoms with Crippen LogP contribution in [0.25, 0.3) is 22.4 Å². The zero-order chi connectivity index (χ0) is 21.0. The second-order valence-electron chi connectivity index (χ2n) is 6.96. The van der Waals surface area contributed by atoms with Crippen LogP contribution in [0.15, 0.2) is 99.4 Å². The van der Waals surface area contributed by atoms with Crippen molar-refractivity contribution in [1.82, 2.24) is 19.7 Å². The Morgan fingerprint density at radius 2 is 1.55 bits per heavy atom. The van der Waals surface area contributed by atoms with Gasteiger partial charge < -0.3 is 4.52 Å². The largest absolute Gasteiger partial charge is 0.334 e. The lowest BCUT2D eigenvalue weighted by molar-refractivity contribution is 0.425. The van der Waals surface area contributed by atoms with Crippen molar-refractivity contribution in [3.63, 3.8) is 0 Å². The second kappa shape index (κ2) is 8.57. The summed E-state index contributed by atoms with van der Waals surface area (Å²) >= 11 is 1.42. The van der Waals surface area contributed by atoms with Crippen molar-refractivity contribution < 1.29 is 4.52 Å². The second-order valence-corrected chi connectivity index (χ2v) is 7.90. The predicted molar refractivity (Wildman–Crippen MR) is 121 cm³/mol. The van der Waals surface area contributed by atoms with Crippen LogP contribution in [0, 0.1) is 0 Å². The van der Waals surface area contributed by atoms with Gasteiger partial charge in [0.15, 0.2) is 11.0 Å². The van der Waals surface area contributed by atoms with E-state index in [1.807, 2.05) is 84.9 Å². The fraction of sp³-hybridized carbons (Fsp3) is 0.0833. The molecule has 0 spiro atoms. The molecule has 0 bridgehead atoms. The highest BCUT2D eigenvalue weighted by Gasteiger charge is 2.14. The Bertz CT molecular complexity index is 1380. The van der Waals surface area contributed by atoms with Crippen molar-refractivity contribution in [3.8, 4) is 11.5 Å². The molecule has 0 saturated heterocycles. The van der Waals surface area contributed by atoms with Crippen LogP contribution in [0.5, 0.6) is 0 Å². The van der Waals surface area contributed by atoms with E-state index in [1.54, 1.807) is 4.57 Å². The van der Waals surface area contributed by atoms with Crippen LogP contribution in [0.1, 0.15) is 11.4 Å². The van der Waals surface area contributed by atoms with Gasteiger partial charge in [-0.1, -0.05) is 77.6 Å². The Morgan fingerprint density at radius 3 is 2.35 bits per heavy atom. The first-order valence-electron chi connectivity index (χ1n) is 9.82. The van der Waals surface area contributed by atoms with Gasteiger partial charge in [0.25, 0.3) is 11.4 Å². The van der Waals surface area contributed by atoms with E-state index in [0.717, 1.165) is 11.1 Å². The molecule has 0 N–H and O–H groups in total. The topological polar surface area (TPSA) is 73.8 Å². The van der Waals surface area contributed by atoms with Gasteiger partial charge in [-0.3, -0.25) is 9.36 Å². The first kappa shape index (κ1) is 19.3. The highest BCUT2D eigenvalue weighted by Crippen LogP contribution is 2.24. The molecule has 3 aromatic carbocycles. The van der Waals surface area contributed by atoms with Gasteiger partial charge in [0.05, 0.1) is 23.2 Å². The molecule has 31 heavy (non-hydrogen) atoms. The molecule has 0 atom stereocenters. The molecule has 0 unspecified atom stereocenters. The molecule has 0 saturated carbocycles. The van der Waals surface area contributed by atoms with E-state index >= 15 is 0 Å². The molecule has 0 radical (unpaired) electrons. The average Bonchev–Trinajstić information content (AvgIpc) is 3.30. The molecule has 6 nitrogen and oxygen atoms in total. The fourth-order valence-corrected chi connectivity index (χ4v) is 4.14. The standard InChI is InChI=1S/C24H18N4O2S/c29-23-19-13-7-8-14-20(19)25-24(28(23)15-17-9-3-1-4-10-17)31-16-21-26-22(30-27-21)18-11-5-2-6-12-18/h1-14H,15-16H2. The number of hydrogen-bond acceptors (Lipinski definition) is 6. The minimum absolute atomic E-state index is 0.0601. The lowest BCUT2D eigenvalue weighted by Crippen LogP contribution is -2.24. The quantitative estimate of drug-likeness (QED) is 0.287. The maximum atomic E-state index is 13.2. The van der Waals surface area contributed by atoms with Crippen LogP contribution < -0.4 is 5.56 Å². The third-order valence-electron chi connectivity index (χ3n) is 4.83. The van der Waals surface area contributed by atoms with Crippen molar-refractivity contribution in [3.05, 3.63) is 107 Å². The van der Waals surface area contributed by atoms with E-state index < -0.39 is 0 Å². The highest BCUT2D eigenvalue weighted by atomic mass is 32.2. The van der Waals surface area contributed by atoms with Crippen molar-refractivity contribution in [1.29, 1.82) is 0 Å². The molecule has 7 heteroatoms. The molecule has 0 aliphatic heterocycles. The minimum atomic E-state index is -0.0601. The number of fused-ring (bicyclic) bond motifs is 1. The summed E-state index contributed by atoms with van der Waals surface area (Å²) in [5, 5.41) is 5.31. The number of para-hydroxylation sites is 1. The van der Waals surface area contributed by atoms with Gasteiger partial charge in [-0.05, 0) is 29.8 Å². The van der Waals surface area contributed by atoms with Gasteiger partial charge in [-0.2, -0.15) is 4.98 Å². The monoisotopic (exact) mass is 426 g/mol. The zero-order valence-corrected chi connectivity index (χ0v) is 17.3. The SMILES string of the molecule is O=c1c2ccccc2nc(SCc2noc(-c3ccccc3)n2)n1Cc1ccccc1. The van der Waals surface area contributed by atoms with E-state index in [4.69, 9.17) is 9.51 Å². The van der Waals surface area contributed by atoms with Crippen molar-refractivity contribution in [2.24, 2.45) is 0 Å². The summed E-state index contributed by atoms with van der Waals surface area (Å²) in [5.74, 6) is 1.47. The van der Waals surface area contributed by atoms with Crippen molar-refractivity contribution in [2.45, 2.75) is 17.5 Å². The van der Waals surface area contributed by atoms with E-state index in [2.05, 4.69) is 10.1 Å².